The van der Waals surface area contributed by atoms with E-state index < -0.39 is 0 Å². The van der Waals surface area contributed by atoms with E-state index in [0.717, 1.165) is 55.6 Å². The second-order valence-electron chi connectivity index (χ2n) is 7.02. The second kappa shape index (κ2) is 5.02. The van der Waals surface area contributed by atoms with Crippen molar-refractivity contribution in [3.05, 3.63) is 5.82 Å². The third kappa shape index (κ3) is 2.32. The fourth-order valence-corrected chi connectivity index (χ4v) is 4.51. The number of H-pyrrole nitrogens is 1. The minimum Gasteiger partial charge on any atom is -0.337 e. The standard InChI is InChI=1S/C15H25N5/c1-10-9-20(5-4-16-10)15-17-14(18-19-15)8-13-7-11-2-3-12(13)6-11/h10-13,16H,2-9H2,1H3,(H,17,18,19). The summed E-state index contributed by atoms with van der Waals surface area (Å²) in [6.45, 7) is 5.26. The summed E-state index contributed by atoms with van der Waals surface area (Å²) < 4.78 is 0. The average Bonchev–Trinajstić information content (AvgIpc) is 3.14. The summed E-state index contributed by atoms with van der Waals surface area (Å²) in [5.74, 6) is 4.84. The molecule has 2 aliphatic carbocycles. The van der Waals surface area contributed by atoms with Crippen molar-refractivity contribution in [1.82, 2.24) is 20.5 Å². The molecule has 2 bridgehead atoms. The summed E-state index contributed by atoms with van der Waals surface area (Å²) in [7, 11) is 0. The zero-order valence-electron chi connectivity index (χ0n) is 12.3. The summed E-state index contributed by atoms with van der Waals surface area (Å²) in [4.78, 5) is 7.04. The van der Waals surface area contributed by atoms with Gasteiger partial charge in [-0.05, 0) is 43.9 Å². The van der Waals surface area contributed by atoms with E-state index in [1.54, 1.807) is 0 Å². The normalized spacial score (nSPS) is 36.8. The maximum atomic E-state index is 4.75. The summed E-state index contributed by atoms with van der Waals surface area (Å²) in [6.07, 6.45) is 6.93. The molecule has 1 saturated heterocycles. The first kappa shape index (κ1) is 12.6. The number of hydrogen-bond donors (Lipinski definition) is 2. The van der Waals surface area contributed by atoms with E-state index in [2.05, 4.69) is 27.3 Å². The first-order valence-electron chi connectivity index (χ1n) is 8.17. The van der Waals surface area contributed by atoms with Crippen LogP contribution >= 0.6 is 0 Å². The summed E-state index contributed by atoms with van der Waals surface area (Å²) in [6, 6.07) is 0.524. The minimum absolute atomic E-state index is 0.524. The lowest BCUT2D eigenvalue weighted by molar-refractivity contribution is 0.327. The molecular weight excluding hydrogens is 250 g/mol. The number of anilines is 1. The molecule has 2 saturated carbocycles. The predicted octanol–water partition coefficient (Wildman–Crippen LogP) is 1.58. The molecule has 0 aromatic carbocycles. The molecule has 20 heavy (non-hydrogen) atoms. The van der Waals surface area contributed by atoms with Gasteiger partial charge in [-0.15, -0.1) is 5.10 Å². The first-order valence-corrected chi connectivity index (χ1v) is 8.17. The average molecular weight is 275 g/mol. The Hall–Kier alpha value is -1.10. The third-order valence-corrected chi connectivity index (χ3v) is 5.51. The van der Waals surface area contributed by atoms with Crippen molar-refractivity contribution in [2.45, 2.75) is 45.1 Å². The number of nitrogens with one attached hydrogen (secondary N) is 2. The van der Waals surface area contributed by atoms with Crippen LogP contribution in [0.1, 0.15) is 38.4 Å². The van der Waals surface area contributed by atoms with Gasteiger partial charge in [0.25, 0.3) is 0 Å². The number of fused-ring (bicyclic) bond motifs is 2. The van der Waals surface area contributed by atoms with Gasteiger partial charge in [-0.2, -0.15) is 4.98 Å². The van der Waals surface area contributed by atoms with Crippen LogP contribution in [0.2, 0.25) is 0 Å². The molecule has 1 aromatic heterocycles. The van der Waals surface area contributed by atoms with Gasteiger partial charge in [0.1, 0.15) is 5.82 Å². The van der Waals surface area contributed by atoms with Crippen LogP contribution in [0.5, 0.6) is 0 Å². The van der Waals surface area contributed by atoms with Crippen LogP contribution in [0, 0.1) is 17.8 Å². The van der Waals surface area contributed by atoms with E-state index in [4.69, 9.17) is 4.98 Å². The maximum Gasteiger partial charge on any atom is 0.244 e. The second-order valence-corrected chi connectivity index (χ2v) is 7.02. The minimum atomic E-state index is 0.524. The topological polar surface area (TPSA) is 56.8 Å². The molecule has 0 radical (unpaired) electrons. The summed E-state index contributed by atoms with van der Waals surface area (Å²) in [5.41, 5.74) is 0. The van der Waals surface area contributed by atoms with Gasteiger partial charge in [0, 0.05) is 32.1 Å². The molecule has 0 amide bonds. The number of piperazine rings is 1. The Morgan fingerprint density at radius 3 is 3.00 bits per heavy atom. The van der Waals surface area contributed by atoms with Crippen molar-refractivity contribution in [2.75, 3.05) is 24.5 Å². The van der Waals surface area contributed by atoms with E-state index in [1.807, 2.05) is 0 Å². The van der Waals surface area contributed by atoms with E-state index in [1.165, 1.54) is 25.7 Å². The van der Waals surface area contributed by atoms with Crippen molar-refractivity contribution < 1.29 is 0 Å². The number of hydrogen-bond acceptors (Lipinski definition) is 4. The highest BCUT2D eigenvalue weighted by atomic mass is 15.4. The zero-order chi connectivity index (χ0) is 13.5. The van der Waals surface area contributed by atoms with Gasteiger partial charge in [0.2, 0.25) is 5.95 Å². The Morgan fingerprint density at radius 1 is 1.30 bits per heavy atom. The number of rotatable bonds is 3. The van der Waals surface area contributed by atoms with Crippen LogP contribution < -0.4 is 10.2 Å². The van der Waals surface area contributed by atoms with Crippen LogP contribution in [-0.2, 0) is 6.42 Å². The lowest BCUT2D eigenvalue weighted by Gasteiger charge is -2.30. The highest BCUT2D eigenvalue weighted by molar-refractivity contribution is 5.30. The molecule has 5 heteroatoms. The molecule has 4 rings (SSSR count). The maximum absolute atomic E-state index is 4.75. The van der Waals surface area contributed by atoms with Gasteiger partial charge < -0.3 is 10.2 Å². The number of aromatic nitrogens is 3. The van der Waals surface area contributed by atoms with Crippen molar-refractivity contribution in [3.8, 4) is 0 Å². The smallest absolute Gasteiger partial charge is 0.244 e. The van der Waals surface area contributed by atoms with Crippen molar-refractivity contribution >= 4 is 5.95 Å². The fraction of sp³-hybridized carbons (Fsp3) is 0.867. The monoisotopic (exact) mass is 275 g/mol. The quantitative estimate of drug-likeness (QED) is 0.879. The Labute approximate surface area is 120 Å². The van der Waals surface area contributed by atoms with Gasteiger partial charge >= 0.3 is 0 Å². The lowest BCUT2D eigenvalue weighted by atomic mass is 9.86. The highest BCUT2D eigenvalue weighted by Gasteiger charge is 2.39. The number of nitrogens with zero attached hydrogens (tertiary/aromatic N) is 3. The molecule has 2 N–H and O–H groups in total. The van der Waals surface area contributed by atoms with Gasteiger partial charge in [-0.25, -0.2) is 0 Å². The molecule has 5 nitrogen and oxygen atoms in total. The van der Waals surface area contributed by atoms with Gasteiger partial charge in [-0.3, -0.25) is 5.10 Å². The zero-order valence-corrected chi connectivity index (χ0v) is 12.3. The SMILES string of the molecule is CC1CN(c2n[nH]c(CC3CC4CCC3C4)n2)CCN1. The largest absolute Gasteiger partial charge is 0.337 e. The molecule has 2 heterocycles. The molecule has 3 aliphatic rings. The molecule has 4 unspecified atom stereocenters. The van der Waals surface area contributed by atoms with E-state index in [-0.39, 0.29) is 0 Å². The van der Waals surface area contributed by atoms with Crippen molar-refractivity contribution in [1.29, 1.82) is 0 Å². The Balaban J connectivity index is 1.40. The summed E-state index contributed by atoms with van der Waals surface area (Å²) in [5, 5.41) is 11.1. The molecule has 3 fully saturated rings. The predicted molar refractivity (Wildman–Crippen MR) is 78.7 cm³/mol. The summed E-state index contributed by atoms with van der Waals surface area (Å²) >= 11 is 0. The third-order valence-electron chi connectivity index (χ3n) is 5.51. The van der Waals surface area contributed by atoms with Gasteiger partial charge in [-0.1, -0.05) is 6.42 Å². The van der Waals surface area contributed by atoms with E-state index >= 15 is 0 Å². The molecule has 1 aliphatic heterocycles. The van der Waals surface area contributed by atoms with Crippen LogP contribution in [-0.4, -0.2) is 40.9 Å². The van der Waals surface area contributed by atoms with Crippen LogP contribution in [0.4, 0.5) is 5.95 Å². The van der Waals surface area contributed by atoms with Gasteiger partial charge in [0.15, 0.2) is 0 Å². The van der Waals surface area contributed by atoms with E-state index in [9.17, 15) is 0 Å². The van der Waals surface area contributed by atoms with Crippen LogP contribution in [0.25, 0.3) is 0 Å². The van der Waals surface area contributed by atoms with Crippen molar-refractivity contribution in [2.24, 2.45) is 17.8 Å². The van der Waals surface area contributed by atoms with Crippen LogP contribution in [0.15, 0.2) is 0 Å². The molecular formula is C15H25N5. The Morgan fingerprint density at radius 2 is 2.25 bits per heavy atom. The molecule has 0 spiro atoms. The molecule has 4 atom stereocenters. The molecule has 110 valence electrons. The Kier molecular flexibility index (Phi) is 3.17. The fourth-order valence-electron chi connectivity index (χ4n) is 4.51. The Bertz CT molecular complexity index is 471. The van der Waals surface area contributed by atoms with Crippen molar-refractivity contribution in [3.63, 3.8) is 0 Å². The number of aromatic amines is 1. The lowest BCUT2D eigenvalue weighted by Crippen LogP contribution is -2.49. The van der Waals surface area contributed by atoms with E-state index in [0.29, 0.717) is 6.04 Å². The van der Waals surface area contributed by atoms with Crippen LogP contribution in [0.3, 0.4) is 0 Å². The molecule has 1 aromatic rings. The highest BCUT2D eigenvalue weighted by Crippen LogP contribution is 2.49. The van der Waals surface area contributed by atoms with Gasteiger partial charge in [0.05, 0.1) is 0 Å². The first-order chi connectivity index (χ1) is 9.78.